The molecule has 0 radical (unpaired) electrons. The zero-order valence-electron chi connectivity index (χ0n) is 16.1. The lowest BCUT2D eigenvalue weighted by Crippen LogP contribution is -2.33. The Morgan fingerprint density at radius 2 is 1.62 bits per heavy atom. The van der Waals surface area contributed by atoms with Crippen molar-refractivity contribution in [2.45, 2.75) is 26.9 Å². The molecule has 1 unspecified atom stereocenters. The second-order valence-corrected chi connectivity index (χ2v) is 8.11. The number of alkyl halides is 3. The molecule has 0 bridgehead atoms. The van der Waals surface area contributed by atoms with E-state index in [1.54, 1.807) is 18.2 Å². The fourth-order valence-corrected chi connectivity index (χ4v) is 4.78. The van der Waals surface area contributed by atoms with E-state index in [2.05, 4.69) is 0 Å². The van der Waals surface area contributed by atoms with E-state index in [4.69, 9.17) is 0 Å². The van der Waals surface area contributed by atoms with Gasteiger partial charge in [0.2, 0.25) is 5.69 Å². The molecule has 0 fully saturated rings. The zero-order valence-corrected chi connectivity index (χ0v) is 17.1. The summed E-state index contributed by atoms with van der Waals surface area (Å²) in [6, 6.07) is 12.0. The molecule has 2 aromatic carbocycles. The van der Waals surface area contributed by atoms with Crippen molar-refractivity contribution in [3.05, 3.63) is 87.8 Å². The van der Waals surface area contributed by atoms with Gasteiger partial charge in [0.1, 0.15) is 5.56 Å². The van der Waals surface area contributed by atoms with Crippen molar-refractivity contribution in [1.29, 1.82) is 0 Å². The van der Waals surface area contributed by atoms with Crippen molar-refractivity contribution in [2.24, 2.45) is 0 Å². The van der Waals surface area contributed by atoms with Gasteiger partial charge in [-0.15, -0.1) is 0 Å². The van der Waals surface area contributed by atoms with Gasteiger partial charge in [-0.2, -0.15) is 17.9 Å². The van der Waals surface area contributed by atoms with Crippen LogP contribution in [-0.4, -0.2) is 5.52 Å². The molecule has 7 heteroatoms. The second-order valence-electron chi connectivity index (χ2n) is 6.87. The van der Waals surface area contributed by atoms with Gasteiger partial charge in [-0.3, -0.25) is 4.79 Å². The van der Waals surface area contributed by atoms with Crippen LogP contribution in [-0.2, 0) is 6.18 Å². The summed E-state index contributed by atoms with van der Waals surface area (Å²) in [4.78, 5) is 13.0. The topological polar surface area (TPSA) is 44.0 Å². The van der Waals surface area contributed by atoms with E-state index >= 15 is 0 Å². The van der Waals surface area contributed by atoms with E-state index < -0.39 is 26.0 Å². The normalized spacial score (nSPS) is 11.9. The minimum absolute atomic E-state index is 0.115. The molecule has 0 aliphatic carbocycles. The van der Waals surface area contributed by atoms with Crippen molar-refractivity contribution < 1.29 is 22.7 Å². The maximum atomic E-state index is 13.5. The molecule has 3 rings (SSSR count). The Hall–Kier alpha value is -2.72. The summed E-state index contributed by atoms with van der Waals surface area (Å²) in [7, 11) is -0.413. The van der Waals surface area contributed by atoms with Gasteiger partial charge in [0, 0.05) is 11.6 Å². The minimum Gasteiger partial charge on any atom is -0.618 e. The molecule has 0 amide bonds. The van der Waals surface area contributed by atoms with Gasteiger partial charge >= 0.3 is 6.18 Å². The molecule has 3 aromatic rings. The lowest BCUT2D eigenvalue weighted by Gasteiger charge is -2.15. The molecule has 1 atom stereocenters. The van der Waals surface area contributed by atoms with Crippen LogP contribution in [0.4, 0.5) is 13.2 Å². The van der Waals surface area contributed by atoms with Crippen molar-refractivity contribution in [3.8, 4) is 11.3 Å². The first-order valence-corrected chi connectivity index (χ1v) is 9.87. The highest BCUT2D eigenvalue weighted by molar-refractivity contribution is 7.66. The molecule has 29 heavy (non-hydrogen) atoms. The fourth-order valence-electron chi connectivity index (χ4n) is 3.50. The minimum atomic E-state index is -4.69. The second kappa shape index (κ2) is 7.96. The molecule has 0 aliphatic rings. The Bertz CT molecular complexity index is 1070. The van der Waals surface area contributed by atoms with E-state index in [1.807, 2.05) is 32.9 Å². The number of carbonyl (C=O) groups is 1. The summed E-state index contributed by atoms with van der Waals surface area (Å²) in [6.45, 7) is 5.62. The summed E-state index contributed by atoms with van der Waals surface area (Å²) in [5.74, 6) is 0. The Morgan fingerprint density at radius 3 is 2.24 bits per heavy atom. The first-order valence-electron chi connectivity index (χ1n) is 8.87. The van der Waals surface area contributed by atoms with E-state index in [9.17, 15) is 23.2 Å². The summed E-state index contributed by atoms with van der Waals surface area (Å²) in [6.07, 6.45) is -3.66. The number of aromatic nitrogens is 1. The quantitative estimate of drug-likeness (QED) is 0.338. The van der Waals surface area contributed by atoms with Crippen LogP contribution in [0.3, 0.4) is 0 Å². The van der Waals surface area contributed by atoms with E-state index in [0.29, 0.717) is 10.9 Å². The molecular weight excluding hydrogens is 398 g/mol. The number of benzene rings is 2. The summed E-state index contributed by atoms with van der Waals surface area (Å²) < 4.78 is 40.7. The van der Waals surface area contributed by atoms with Gasteiger partial charge in [-0.1, -0.05) is 35.9 Å². The highest BCUT2D eigenvalue weighted by Crippen LogP contribution is 2.36. The van der Waals surface area contributed by atoms with Gasteiger partial charge in [0.15, 0.2) is 11.7 Å². The molecule has 0 spiro atoms. The Morgan fingerprint density at radius 1 is 1.00 bits per heavy atom. The molecule has 0 saturated heterocycles. The third-order valence-corrected chi connectivity index (χ3v) is 5.78. The third-order valence-electron chi connectivity index (χ3n) is 4.60. The number of pyridine rings is 1. The van der Waals surface area contributed by atoms with Crippen molar-refractivity contribution in [3.63, 3.8) is 0 Å². The zero-order chi connectivity index (χ0) is 21.3. The number of nitrogens with zero attached hydrogens (tertiary/aromatic N) is 1. The van der Waals surface area contributed by atoms with E-state index in [-0.39, 0.29) is 15.8 Å². The average Bonchev–Trinajstić information content (AvgIpc) is 2.60. The molecule has 0 aliphatic heterocycles. The van der Waals surface area contributed by atoms with Gasteiger partial charge in [-0.25, -0.2) is 0 Å². The standard InChI is InChI=1S/C22H19F3NO2P/c1-13-11-14(2)19(15(3)12-13)21(27)29-18-9-5-4-7-16(18)20-17(22(23,24)25)8-6-10-26(20)28/h4-12,29H,1-3H3. The molecule has 150 valence electrons. The van der Waals surface area contributed by atoms with Crippen LogP contribution in [0.15, 0.2) is 54.7 Å². The van der Waals surface area contributed by atoms with Gasteiger partial charge < -0.3 is 5.21 Å². The fraction of sp³-hybridized carbons (Fsp3) is 0.182. The molecule has 0 saturated carbocycles. The van der Waals surface area contributed by atoms with Crippen LogP contribution in [0.25, 0.3) is 11.3 Å². The summed E-state index contributed by atoms with van der Waals surface area (Å²) >= 11 is 0. The molecular formula is C22H19F3NO2P. The van der Waals surface area contributed by atoms with Gasteiger partial charge in [-0.05, 0) is 57.9 Å². The number of aryl methyl sites for hydroxylation is 3. The van der Waals surface area contributed by atoms with Crippen LogP contribution in [0.2, 0.25) is 0 Å². The van der Waals surface area contributed by atoms with Crippen LogP contribution >= 0.6 is 8.58 Å². The third kappa shape index (κ3) is 4.33. The van der Waals surface area contributed by atoms with Gasteiger partial charge in [0.25, 0.3) is 0 Å². The highest BCUT2D eigenvalue weighted by Gasteiger charge is 2.38. The number of halogens is 3. The lowest BCUT2D eigenvalue weighted by molar-refractivity contribution is -0.594. The average molecular weight is 417 g/mol. The smallest absolute Gasteiger partial charge is 0.422 e. The Labute approximate surface area is 168 Å². The SMILES string of the molecule is Cc1cc(C)c(C(=O)Pc2ccccc2-c2c(C(F)(F)F)ccc[n+]2[O-])c(C)c1. The van der Waals surface area contributed by atoms with Crippen LogP contribution < -0.4 is 10.0 Å². The monoisotopic (exact) mass is 417 g/mol. The van der Waals surface area contributed by atoms with Crippen molar-refractivity contribution in [1.82, 2.24) is 0 Å². The maximum absolute atomic E-state index is 13.5. The van der Waals surface area contributed by atoms with Crippen molar-refractivity contribution >= 4 is 19.4 Å². The van der Waals surface area contributed by atoms with Crippen LogP contribution in [0, 0.1) is 26.0 Å². The first-order chi connectivity index (χ1) is 13.6. The summed E-state index contributed by atoms with van der Waals surface area (Å²) in [5.41, 5.74) is 1.68. The number of hydrogen-bond acceptors (Lipinski definition) is 2. The Kier molecular flexibility index (Phi) is 5.76. The van der Waals surface area contributed by atoms with E-state index in [1.165, 1.54) is 6.07 Å². The largest absolute Gasteiger partial charge is 0.618 e. The number of rotatable bonds is 4. The number of carbonyl (C=O) groups excluding carboxylic acids is 1. The van der Waals surface area contributed by atoms with Crippen LogP contribution in [0.1, 0.15) is 32.6 Å². The lowest BCUT2D eigenvalue weighted by atomic mass is 10.0. The van der Waals surface area contributed by atoms with E-state index in [0.717, 1.165) is 35.0 Å². The number of hydrogen-bond donors (Lipinski definition) is 0. The predicted octanol–water partition coefficient (Wildman–Crippen LogP) is 5.08. The summed E-state index contributed by atoms with van der Waals surface area (Å²) in [5, 5.41) is 12.7. The molecule has 1 aromatic heterocycles. The van der Waals surface area contributed by atoms with Gasteiger partial charge in [0.05, 0.1) is 5.56 Å². The molecule has 3 nitrogen and oxygen atoms in total. The predicted molar refractivity (Wildman–Crippen MR) is 109 cm³/mol. The molecule has 0 N–H and O–H groups in total. The van der Waals surface area contributed by atoms with Crippen molar-refractivity contribution in [2.75, 3.05) is 0 Å². The highest BCUT2D eigenvalue weighted by atomic mass is 31.1. The first kappa shape index (κ1) is 21.0. The Balaban J connectivity index is 2.10. The molecule has 1 heterocycles. The van der Waals surface area contributed by atoms with Crippen LogP contribution in [0.5, 0.6) is 0 Å². The maximum Gasteiger partial charge on any atom is 0.422 e.